The lowest BCUT2D eigenvalue weighted by atomic mass is 10.1. The molecule has 1 atom stereocenters. The average Bonchev–Trinajstić information content (AvgIpc) is 2.30. The first-order chi connectivity index (χ1) is 8.17. The van der Waals surface area contributed by atoms with E-state index in [4.69, 9.17) is 4.74 Å². The Balaban J connectivity index is 2.60. The maximum Gasteiger partial charge on any atom is 0.251 e. The van der Waals surface area contributed by atoms with Crippen LogP contribution in [-0.2, 0) is 4.74 Å². The van der Waals surface area contributed by atoms with Crippen molar-refractivity contribution in [3.05, 3.63) is 33.4 Å². The van der Waals surface area contributed by atoms with E-state index in [9.17, 15) is 4.79 Å². The third kappa shape index (κ3) is 5.04. The van der Waals surface area contributed by atoms with Gasteiger partial charge >= 0.3 is 0 Å². The van der Waals surface area contributed by atoms with Crippen LogP contribution in [0.5, 0.6) is 0 Å². The molecular formula is C13H18INO2. The van der Waals surface area contributed by atoms with Crippen LogP contribution in [0.2, 0.25) is 0 Å². The minimum absolute atomic E-state index is 0.0306. The highest BCUT2D eigenvalue weighted by Gasteiger charge is 2.12. The third-order valence-corrected chi connectivity index (χ3v) is 3.17. The van der Waals surface area contributed by atoms with E-state index in [1.807, 2.05) is 24.3 Å². The van der Waals surface area contributed by atoms with Gasteiger partial charge in [0.05, 0.1) is 12.6 Å². The summed E-state index contributed by atoms with van der Waals surface area (Å²) in [5, 5.41) is 2.99. The first-order valence-electron chi connectivity index (χ1n) is 5.72. The van der Waals surface area contributed by atoms with Gasteiger partial charge in [-0.15, -0.1) is 0 Å². The minimum atomic E-state index is -0.0306. The number of rotatable bonds is 6. The SMILES string of the molecule is CCCC(COC)NC(=O)c1ccc(I)cc1. The van der Waals surface area contributed by atoms with Crippen LogP contribution in [0.1, 0.15) is 30.1 Å². The van der Waals surface area contributed by atoms with Gasteiger partial charge in [-0.1, -0.05) is 13.3 Å². The van der Waals surface area contributed by atoms with Crippen LogP contribution >= 0.6 is 22.6 Å². The number of hydrogen-bond acceptors (Lipinski definition) is 2. The summed E-state index contributed by atoms with van der Waals surface area (Å²) in [4.78, 5) is 11.9. The first-order valence-corrected chi connectivity index (χ1v) is 6.80. The van der Waals surface area contributed by atoms with Crippen LogP contribution in [0.15, 0.2) is 24.3 Å². The predicted molar refractivity (Wildman–Crippen MR) is 77.2 cm³/mol. The van der Waals surface area contributed by atoms with Gasteiger partial charge in [-0.25, -0.2) is 0 Å². The Morgan fingerprint density at radius 2 is 2.06 bits per heavy atom. The highest BCUT2D eigenvalue weighted by atomic mass is 127. The van der Waals surface area contributed by atoms with Crippen molar-refractivity contribution in [2.45, 2.75) is 25.8 Å². The summed E-state index contributed by atoms with van der Waals surface area (Å²) in [5.74, 6) is -0.0306. The van der Waals surface area contributed by atoms with Crippen LogP contribution < -0.4 is 5.32 Å². The number of amides is 1. The molecule has 0 saturated carbocycles. The molecule has 1 N–H and O–H groups in total. The van der Waals surface area contributed by atoms with Crippen LogP contribution in [-0.4, -0.2) is 25.7 Å². The Labute approximate surface area is 116 Å². The minimum Gasteiger partial charge on any atom is -0.383 e. The van der Waals surface area contributed by atoms with Crippen LogP contribution in [0, 0.1) is 3.57 Å². The Morgan fingerprint density at radius 1 is 1.41 bits per heavy atom. The van der Waals surface area contributed by atoms with Gasteiger partial charge in [0.2, 0.25) is 0 Å². The summed E-state index contributed by atoms with van der Waals surface area (Å²) in [6, 6.07) is 7.64. The van der Waals surface area contributed by atoms with Crippen molar-refractivity contribution >= 4 is 28.5 Å². The van der Waals surface area contributed by atoms with E-state index in [2.05, 4.69) is 34.8 Å². The fourth-order valence-corrected chi connectivity index (χ4v) is 1.98. The molecule has 0 aromatic heterocycles. The highest BCUT2D eigenvalue weighted by Crippen LogP contribution is 2.07. The van der Waals surface area contributed by atoms with Gasteiger partial charge in [0.15, 0.2) is 0 Å². The molecule has 0 heterocycles. The monoisotopic (exact) mass is 347 g/mol. The molecule has 3 nitrogen and oxygen atoms in total. The van der Waals surface area contributed by atoms with Gasteiger partial charge in [0.1, 0.15) is 0 Å². The molecule has 0 fully saturated rings. The van der Waals surface area contributed by atoms with E-state index in [-0.39, 0.29) is 11.9 Å². The molecule has 0 bridgehead atoms. The number of halogens is 1. The van der Waals surface area contributed by atoms with E-state index in [0.29, 0.717) is 12.2 Å². The number of nitrogens with one attached hydrogen (secondary N) is 1. The van der Waals surface area contributed by atoms with Crippen molar-refractivity contribution in [2.75, 3.05) is 13.7 Å². The lowest BCUT2D eigenvalue weighted by Gasteiger charge is -2.17. The molecule has 0 radical (unpaired) electrons. The molecule has 1 amide bonds. The normalized spacial score (nSPS) is 12.2. The molecule has 94 valence electrons. The molecule has 1 aromatic carbocycles. The van der Waals surface area contributed by atoms with Crippen LogP contribution in [0.25, 0.3) is 0 Å². The molecule has 1 unspecified atom stereocenters. The second-order valence-corrected chi connectivity index (χ2v) is 5.17. The average molecular weight is 347 g/mol. The Bertz CT molecular complexity index is 345. The van der Waals surface area contributed by atoms with Gasteiger partial charge < -0.3 is 10.1 Å². The zero-order chi connectivity index (χ0) is 12.7. The number of benzene rings is 1. The number of methoxy groups -OCH3 is 1. The Kier molecular flexibility index (Phi) is 6.50. The molecule has 1 aromatic rings. The first kappa shape index (κ1) is 14.4. The summed E-state index contributed by atoms with van der Waals surface area (Å²) in [5.41, 5.74) is 0.697. The topological polar surface area (TPSA) is 38.3 Å². The fraction of sp³-hybridized carbons (Fsp3) is 0.462. The van der Waals surface area contributed by atoms with E-state index in [0.717, 1.165) is 16.4 Å². The maximum atomic E-state index is 11.9. The summed E-state index contributed by atoms with van der Waals surface area (Å²) in [6.07, 6.45) is 1.96. The van der Waals surface area contributed by atoms with Gasteiger partial charge in [-0.3, -0.25) is 4.79 Å². The molecule has 4 heteroatoms. The summed E-state index contributed by atoms with van der Waals surface area (Å²) < 4.78 is 6.22. The standard InChI is InChI=1S/C13H18INO2/c1-3-4-12(9-17-2)15-13(16)10-5-7-11(14)8-6-10/h5-8,12H,3-4,9H2,1-2H3,(H,15,16). The number of hydrogen-bond donors (Lipinski definition) is 1. The summed E-state index contributed by atoms with van der Waals surface area (Å²) >= 11 is 2.22. The van der Waals surface area contributed by atoms with E-state index in [1.54, 1.807) is 7.11 Å². The van der Waals surface area contributed by atoms with Crippen molar-refractivity contribution < 1.29 is 9.53 Å². The molecular weight excluding hydrogens is 329 g/mol. The Hall–Kier alpha value is -0.620. The predicted octanol–water partition coefficient (Wildman–Crippen LogP) is 2.84. The van der Waals surface area contributed by atoms with Crippen molar-refractivity contribution in [2.24, 2.45) is 0 Å². The lowest BCUT2D eigenvalue weighted by molar-refractivity contribution is 0.0891. The van der Waals surface area contributed by atoms with Gasteiger partial charge in [-0.2, -0.15) is 0 Å². The third-order valence-electron chi connectivity index (χ3n) is 2.45. The lowest BCUT2D eigenvalue weighted by Crippen LogP contribution is -2.37. The zero-order valence-corrected chi connectivity index (χ0v) is 12.4. The quantitative estimate of drug-likeness (QED) is 0.804. The van der Waals surface area contributed by atoms with Gasteiger partial charge in [-0.05, 0) is 53.3 Å². The molecule has 0 aliphatic heterocycles. The number of ether oxygens (including phenoxy) is 1. The molecule has 1 rings (SSSR count). The van der Waals surface area contributed by atoms with Crippen molar-refractivity contribution in [1.29, 1.82) is 0 Å². The van der Waals surface area contributed by atoms with Gasteiger partial charge in [0, 0.05) is 16.2 Å². The van der Waals surface area contributed by atoms with Crippen molar-refractivity contribution in [1.82, 2.24) is 5.32 Å². The zero-order valence-electron chi connectivity index (χ0n) is 10.2. The van der Waals surface area contributed by atoms with E-state index in [1.165, 1.54) is 0 Å². The maximum absolute atomic E-state index is 11.9. The van der Waals surface area contributed by atoms with Crippen LogP contribution in [0.3, 0.4) is 0 Å². The van der Waals surface area contributed by atoms with E-state index < -0.39 is 0 Å². The number of carbonyl (C=O) groups excluding carboxylic acids is 1. The second-order valence-electron chi connectivity index (χ2n) is 3.92. The van der Waals surface area contributed by atoms with Crippen molar-refractivity contribution in [3.8, 4) is 0 Å². The smallest absolute Gasteiger partial charge is 0.251 e. The summed E-state index contributed by atoms with van der Waals surface area (Å²) in [6.45, 7) is 2.66. The Morgan fingerprint density at radius 3 is 2.59 bits per heavy atom. The second kappa shape index (κ2) is 7.66. The van der Waals surface area contributed by atoms with Crippen LogP contribution in [0.4, 0.5) is 0 Å². The molecule has 0 aliphatic carbocycles. The summed E-state index contributed by atoms with van der Waals surface area (Å²) in [7, 11) is 1.65. The van der Waals surface area contributed by atoms with Gasteiger partial charge in [0.25, 0.3) is 5.91 Å². The highest BCUT2D eigenvalue weighted by molar-refractivity contribution is 14.1. The largest absolute Gasteiger partial charge is 0.383 e. The van der Waals surface area contributed by atoms with Crippen molar-refractivity contribution in [3.63, 3.8) is 0 Å². The molecule has 0 saturated heterocycles. The fourth-order valence-electron chi connectivity index (χ4n) is 1.62. The molecule has 0 aliphatic rings. The molecule has 17 heavy (non-hydrogen) atoms. The molecule has 0 spiro atoms. The van der Waals surface area contributed by atoms with E-state index >= 15 is 0 Å². The number of carbonyl (C=O) groups is 1.